The molecule has 0 radical (unpaired) electrons. The lowest BCUT2D eigenvalue weighted by Gasteiger charge is -2.33. The summed E-state index contributed by atoms with van der Waals surface area (Å²) in [5.74, 6) is -0.718. The molecule has 45 heavy (non-hydrogen) atoms. The molecule has 0 saturated heterocycles. The lowest BCUT2D eigenvalue weighted by molar-refractivity contribution is -0.201. The Labute approximate surface area is 258 Å². The van der Waals surface area contributed by atoms with E-state index >= 15 is 0 Å². The zero-order valence-corrected chi connectivity index (χ0v) is 25.0. The first kappa shape index (κ1) is 32.2. The Morgan fingerprint density at radius 3 is 2.47 bits per heavy atom. The zero-order chi connectivity index (χ0) is 32.4. The van der Waals surface area contributed by atoms with E-state index in [0.717, 1.165) is 0 Å². The largest absolute Gasteiger partial charge is 0.399 e. The number of anilines is 1. The minimum absolute atomic E-state index is 0.00259. The van der Waals surface area contributed by atoms with Gasteiger partial charge in [0, 0.05) is 29.9 Å². The van der Waals surface area contributed by atoms with E-state index < -0.39 is 40.1 Å². The van der Waals surface area contributed by atoms with Crippen LogP contribution in [0.2, 0.25) is 0 Å². The fourth-order valence-corrected chi connectivity index (χ4v) is 7.27. The maximum atomic E-state index is 13.5. The highest BCUT2D eigenvalue weighted by Gasteiger charge is 2.39. The van der Waals surface area contributed by atoms with Crippen molar-refractivity contribution in [3.05, 3.63) is 83.4 Å². The van der Waals surface area contributed by atoms with Gasteiger partial charge < -0.3 is 16.6 Å². The van der Waals surface area contributed by atoms with E-state index in [9.17, 15) is 31.5 Å². The number of nitrogens with zero attached hydrogens (tertiary/aromatic N) is 2. The van der Waals surface area contributed by atoms with Crippen LogP contribution in [0.4, 0.5) is 24.5 Å². The molecule has 3 aromatic carbocycles. The molecule has 1 aliphatic carbocycles. The van der Waals surface area contributed by atoms with Crippen LogP contribution >= 0.6 is 0 Å². The summed E-state index contributed by atoms with van der Waals surface area (Å²) in [5, 5.41) is 9.43. The van der Waals surface area contributed by atoms with Crippen LogP contribution in [0, 0.1) is 5.92 Å². The fraction of sp³-hybridized carbons (Fsp3) is 0.312. The van der Waals surface area contributed by atoms with Crippen molar-refractivity contribution in [1.82, 2.24) is 5.06 Å². The van der Waals surface area contributed by atoms with Crippen LogP contribution in [-0.2, 0) is 26.1 Å². The van der Waals surface area contributed by atoms with Gasteiger partial charge in [-0.05, 0) is 71.9 Å². The number of halogens is 3. The molecule has 0 atom stereocenters. The molecule has 5 N–H and O–H groups in total. The molecule has 13 heteroatoms. The van der Waals surface area contributed by atoms with Gasteiger partial charge in [0.2, 0.25) is 0 Å². The summed E-state index contributed by atoms with van der Waals surface area (Å²) < 4.78 is 65.6. The third-order valence-corrected chi connectivity index (χ3v) is 9.99. The summed E-state index contributed by atoms with van der Waals surface area (Å²) in [6.45, 7) is -0.941. The molecule has 9 nitrogen and oxygen atoms in total. The topological polar surface area (TPSA) is 148 Å². The number of benzene rings is 3. The normalized spacial score (nSPS) is 18.2. The average Bonchev–Trinajstić information content (AvgIpc) is 3.13. The molecule has 1 fully saturated rings. The number of rotatable bonds is 10. The molecule has 1 heterocycles. The molecule has 0 spiro atoms. The van der Waals surface area contributed by atoms with Crippen LogP contribution in [0.3, 0.4) is 0 Å². The van der Waals surface area contributed by atoms with Gasteiger partial charge in [-0.15, -0.1) is 0 Å². The Balaban J connectivity index is 1.40. The lowest BCUT2D eigenvalue weighted by atomic mass is 9.86. The fourth-order valence-electron chi connectivity index (χ4n) is 5.28. The Morgan fingerprint density at radius 1 is 1.02 bits per heavy atom. The van der Waals surface area contributed by atoms with Crippen molar-refractivity contribution in [2.24, 2.45) is 16.6 Å². The van der Waals surface area contributed by atoms with Gasteiger partial charge in [0.25, 0.3) is 5.91 Å². The van der Waals surface area contributed by atoms with Gasteiger partial charge in [-0.25, -0.2) is 18.5 Å². The summed E-state index contributed by atoms with van der Waals surface area (Å²) >= 11 is 0. The van der Waals surface area contributed by atoms with E-state index in [0.29, 0.717) is 51.5 Å². The number of aliphatic hydroxyl groups is 1. The van der Waals surface area contributed by atoms with E-state index in [1.54, 1.807) is 66.7 Å². The highest BCUT2D eigenvalue weighted by molar-refractivity contribution is 7.92. The number of fused-ring (bicyclic) bond motifs is 1. The monoisotopic (exact) mass is 642 g/mol. The second kappa shape index (κ2) is 13.0. The summed E-state index contributed by atoms with van der Waals surface area (Å²) in [6, 6.07) is 18.3. The van der Waals surface area contributed by atoms with Gasteiger partial charge in [-0.1, -0.05) is 36.4 Å². The lowest BCUT2D eigenvalue weighted by Crippen LogP contribution is -2.37. The molecule has 238 valence electrons. The van der Waals surface area contributed by atoms with Crippen LogP contribution in [0.15, 0.2) is 82.2 Å². The maximum absolute atomic E-state index is 13.5. The second-order valence-corrected chi connectivity index (χ2v) is 13.5. The molecule has 1 amide bonds. The SMILES string of the molecule is NC1=Nc2cc(-c3cccc(S(=O)(=O)C4CC(CO)C4)c3)ccc2C=C(C(=O)N(CCC(F)(F)F)OCc2cccc(N)c2)C1. The number of carbonyl (C=O) groups is 1. The van der Waals surface area contributed by atoms with Crippen molar-refractivity contribution >= 4 is 39.0 Å². The van der Waals surface area contributed by atoms with Crippen LogP contribution in [0.1, 0.15) is 36.8 Å². The van der Waals surface area contributed by atoms with E-state index in [1.807, 2.05) is 0 Å². The van der Waals surface area contributed by atoms with Crippen molar-refractivity contribution < 1.29 is 36.3 Å². The number of hydroxylamine groups is 2. The number of aliphatic imine (C=N–C) groups is 1. The number of amidine groups is 1. The van der Waals surface area contributed by atoms with Crippen LogP contribution in [-0.4, -0.2) is 54.9 Å². The quantitative estimate of drug-likeness (QED) is 0.204. The number of sulfone groups is 1. The summed E-state index contributed by atoms with van der Waals surface area (Å²) in [7, 11) is -3.57. The Hall–Kier alpha value is -4.20. The van der Waals surface area contributed by atoms with Crippen molar-refractivity contribution in [3.8, 4) is 11.1 Å². The van der Waals surface area contributed by atoms with Crippen LogP contribution in [0.5, 0.6) is 0 Å². The average molecular weight is 643 g/mol. The van der Waals surface area contributed by atoms with Crippen LogP contribution < -0.4 is 11.5 Å². The first-order chi connectivity index (χ1) is 21.3. The molecular weight excluding hydrogens is 609 g/mol. The highest BCUT2D eigenvalue weighted by atomic mass is 32.2. The maximum Gasteiger partial charge on any atom is 0.390 e. The molecule has 1 saturated carbocycles. The predicted molar refractivity (Wildman–Crippen MR) is 165 cm³/mol. The highest BCUT2D eigenvalue weighted by Crippen LogP contribution is 2.38. The number of hydrogen-bond acceptors (Lipinski definition) is 8. The molecule has 2 aliphatic rings. The number of nitrogen functional groups attached to an aromatic ring is 1. The Morgan fingerprint density at radius 2 is 1.76 bits per heavy atom. The third-order valence-electron chi connectivity index (χ3n) is 7.82. The Bertz CT molecular complexity index is 1750. The first-order valence-corrected chi connectivity index (χ1v) is 15.9. The smallest absolute Gasteiger partial charge is 0.390 e. The molecule has 0 bridgehead atoms. The minimum Gasteiger partial charge on any atom is -0.399 e. The number of alkyl halides is 3. The number of carbonyl (C=O) groups excluding carboxylic acids is 1. The first-order valence-electron chi connectivity index (χ1n) is 14.3. The molecule has 3 aromatic rings. The zero-order valence-electron chi connectivity index (χ0n) is 24.2. The molecule has 1 aliphatic heterocycles. The van der Waals surface area contributed by atoms with Gasteiger partial charge in [0.05, 0.1) is 28.8 Å². The second-order valence-electron chi connectivity index (χ2n) is 11.2. The number of amides is 1. The van der Waals surface area contributed by atoms with Crippen molar-refractivity contribution in [2.45, 2.75) is 48.6 Å². The third kappa shape index (κ3) is 7.72. The van der Waals surface area contributed by atoms with Crippen molar-refractivity contribution in [2.75, 3.05) is 18.9 Å². The summed E-state index contributed by atoms with van der Waals surface area (Å²) in [5.41, 5.74) is 15.2. The molecule has 0 aromatic heterocycles. The number of nitrogens with two attached hydrogens (primary N) is 2. The van der Waals surface area contributed by atoms with Gasteiger partial charge >= 0.3 is 6.18 Å². The molecule has 5 rings (SSSR count). The van der Waals surface area contributed by atoms with E-state index in [1.165, 1.54) is 6.08 Å². The van der Waals surface area contributed by atoms with Gasteiger partial charge in [-0.3, -0.25) is 9.63 Å². The van der Waals surface area contributed by atoms with E-state index in [4.69, 9.17) is 16.3 Å². The summed E-state index contributed by atoms with van der Waals surface area (Å²) in [4.78, 5) is 23.7. The predicted octanol–water partition coefficient (Wildman–Crippen LogP) is 5.17. The number of aliphatic hydroxyl groups excluding tert-OH is 1. The van der Waals surface area contributed by atoms with Gasteiger partial charge in [0.15, 0.2) is 9.84 Å². The van der Waals surface area contributed by atoms with Crippen molar-refractivity contribution in [1.29, 1.82) is 0 Å². The molecule has 0 unspecified atom stereocenters. The van der Waals surface area contributed by atoms with Crippen LogP contribution in [0.25, 0.3) is 17.2 Å². The molecular formula is C32H33F3N4O5S. The van der Waals surface area contributed by atoms with Gasteiger partial charge in [-0.2, -0.15) is 13.2 Å². The summed E-state index contributed by atoms with van der Waals surface area (Å²) in [6.07, 6.45) is -3.56. The van der Waals surface area contributed by atoms with E-state index in [2.05, 4.69) is 4.99 Å². The van der Waals surface area contributed by atoms with Gasteiger partial charge in [0.1, 0.15) is 12.4 Å². The van der Waals surface area contributed by atoms with Crippen molar-refractivity contribution in [3.63, 3.8) is 0 Å². The number of hydrogen-bond donors (Lipinski definition) is 3. The standard InChI is InChI=1S/C32H33F3N4O5S/c33-32(34,35)9-10-39(44-19-20-3-1-5-26(36)11-20)31(41)25-14-24-8-7-23(16-29(24)38-30(37)17-25)22-4-2-6-27(15-22)45(42,43)28-12-21(13-28)18-40/h1-8,11,14-16,21,28,40H,9-10,12-13,17-19,36H2,(H2,37,38). The Kier molecular flexibility index (Phi) is 9.33. The van der Waals surface area contributed by atoms with E-state index in [-0.39, 0.29) is 41.9 Å². The minimum atomic E-state index is -4.52.